The number of aliphatic hydroxyl groups excluding tert-OH is 1. The van der Waals surface area contributed by atoms with E-state index in [1.165, 1.54) is 6.08 Å². The number of allylic oxidation sites excluding steroid dienone is 4. The number of aliphatic hydroxyl groups is 1. The van der Waals surface area contributed by atoms with E-state index in [0.29, 0.717) is 19.3 Å². The van der Waals surface area contributed by atoms with Crippen molar-refractivity contribution in [3.63, 3.8) is 0 Å². The molecule has 1 N–H and O–H groups in total. The summed E-state index contributed by atoms with van der Waals surface area (Å²) in [4.78, 5) is 92.8. The maximum absolute atomic E-state index is 14.4. The summed E-state index contributed by atoms with van der Waals surface area (Å²) < 4.78 is 11.4. The molecule has 0 heterocycles. The summed E-state index contributed by atoms with van der Waals surface area (Å²) in [5.41, 5.74) is -3.14. The highest BCUT2D eigenvalue weighted by molar-refractivity contribution is 6.26. The van der Waals surface area contributed by atoms with E-state index in [-0.39, 0.29) is 81.6 Å². The van der Waals surface area contributed by atoms with Gasteiger partial charge < -0.3 is 24.3 Å². The van der Waals surface area contributed by atoms with Gasteiger partial charge in [-0.2, -0.15) is 0 Å². The summed E-state index contributed by atoms with van der Waals surface area (Å²) in [5, 5.41) is 30.8. The second-order valence-corrected chi connectivity index (χ2v) is 14.7. The molecular formula is C33H43ClN2O14. The van der Waals surface area contributed by atoms with Crippen molar-refractivity contribution >= 4 is 40.9 Å². The van der Waals surface area contributed by atoms with Crippen molar-refractivity contribution in [2.45, 2.75) is 102 Å². The highest BCUT2D eigenvalue weighted by atomic mass is 35.5. The molecule has 4 aliphatic rings. The van der Waals surface area contributed by atoms with Gasteiger partial charge in [0.2, 0.25) is 5.78 Å². The number of hydrogen-bond donors (Lipinski definition) is 1. The molecule has 2 unspecified atom stereocenters. The zero-order valence-corrected chi connectivity index (χ0v) is 29.0. The summed E-state index contributed by atoms with van der Waals surface area (Å²) in [6.45, 7) is 3.95. The van der Waals surface area contributed by atoms with E-state index < -0.39 is 67.8 Å². The average molecular weight is 727 g/mol. The van der Waals surface area contributed by atoms with Crippen LogP contribution in [-0.4, -0.2) is 81.0 Å². The highest BCUT2D eigenvalue weighted by Crippen LogP contribution is 2.72. The number of ketones is 3. The molecule has 50 heavy (non-hydrogen) atoms. The smallest absolute Gasteiger partial charge is 0.306 e. The molecule has 0 spiro atoms. The Morgan fingerprint density at radius 1 is 0.980 bits per heavy atom. The minimum atomic E-state index is -1.89. The zero-order chi connectivity index (χ0) is 37.1. The summed E-state index contributed by atoms with van der Waals surface area (Å²) in [7, 11) is 0. The molecule has 3 saturated carbocycles. The number of nitrogens with zero attached hydrogens (tertiary/aromatic N) is 2. The van der Waals surface area contributed by atoms with Crippen LogP contribution in [-0.2, 0) is 43.1 Å². The third-order valence-electron chi connectivity index (χ3n) is 11.4. The summed E-state index contributed by atoms with van der Waals surface area (Å²) >= 11 is 7.52. The number of hydrogen-bond acceptors (Lipinski definition) is 14. The van der Waals surface area contributed by atoms with Crippen molar-refractivity contribution < 1.29 is 58.4 Å². The zero-order valence-electron chi connectivity index (χ0n) is 28.3. The van der Waals surface area contributed by atoms with Crippen molar-refractivity contribution in [1.82, 2.24) is 0 Å². The molecule has 276 valence electrons. The first-order valence-corrected chi connectivity index (χ1v) is 17.1. The quantitative estimate of drug-likeness (QED) is 0.0743. The molecule has 0 radical (unpaired) electrons. The van der Waals surface area contributed by atoms with Crippen LogP contribution < -0.4 is 0 Å². The van der Waals surface area contributed by atoms with Crippen molar-refractivity contribution in [2.75, 3.05) is 19.8 Å². The van der Waals surface area contributed by atoms with Crippen molar-refractivity contribution in [3.05, 3.63) is 44.0 Å². The fraction of sp³-hybridized carbons (Fsp3) is 0.727. The van der Waals surface area contributed by atoms with E-state index in [9.17, 15) is 49.3 Å². The van der Waals surface area contributed by atoms with Gasteiger partial charge in [-0.15, -0.1) is 31.8 Å². The lowest BCUT2D eigenvalue weighted by Gasteiger charge is -2.64. The number of carbonyl (C=O) groups excluding carboxylic acids is 5. The minimum absolute atomic E-state index is 0.0585. The third-order valence-corrected chi connectivity index (χ3v) is 12.3. The largest absolute Gasteiger partial charge is 0.457 e. The van der Waals surface area contributed by atoms with E-state index in [1.54, 1.807) is 26.0 Å². The van der Waals surface area contributed by atoms with Crippen molar-refractivity contribution in [2.24, 2.45) is 28.6 Å². The lowest BCUT2D eigenvalue weighted by Crippen LogP contribution is -2.69. The Morgan fingerprint density at radius 2 is 1.62 bits per heavy atom. The van der Waals surface area contributed by atoms with Crippen LogP contribution in [0.1, 0.15) is 85.0 Å². The normalized spacial score (nSPS) is 33.9. The second kappa shape index (κ2) is 15.1. The lowest BCUT2D eigenvalue weighted by molar-refractivity contribution is -0.757. The molecule has 17 heteroatoms. The Balaban J connectivity index is 1.56. The van der Waals surface area contributed by atoms with Crippen LogP contribution in [0.15, 0.2) is 23.8 Å². The molecule has 0 aromatic carbocycles. The Morgan fingerprint density at radius 3 is 2.26 bits per heavy atom. The maximum atomic E-state index is 14.4. The van der Waals surface area contributed by atoms with Crippen LogP contribution in [0, 0.1) is 48.8 Å². The number of ether oxygens (including phenoxy) is 2. The molecule has 0 saturated heterocycles. The molecular weight excluding hydrogens is 684 g/mol. The predicted molar refractivity (Wildman–Crippen MR) is 171 cm³/mol. The van der Waals surface area contributed by atoms with Crippen molar-refractivity contribution in [1.29, 1.82) is 0 Å². The molecule has 0 aromatic rings. The molecule has 0 bridgehead atoms. The van der Waals surface area contributed by atoms with Crippen molar-refractivity contribution in [3.8, 4) is 0 Å². The number of fused-ring (bicyclic) bond motifs is 5. The lowest BCUT2D eigenvalue weighted by atomic mass is 9.45. The first-order chi connectivity index (χ1) is 23.4. The number of alkyl halides is 1. The number of Topliss-reactive ketones (excluding diaryl/α,β-unsaturated/α-hetero) is 2. The second-order valence-electron chi connectivity index (χ2n) is 14.1. The molecule has 16 nitrogen and oxygen atoms in total. The summed E-state index contributed by atoms with van der Waals surface area (Å²) in [6, 6.07) is 0. The van der Waals surface area contributed by atoms with Crippen LogP contribution in [0.25, 0.3) is 0 Å². The molecule has 4 aliphatic carbocycles. The molecule has 3 fully saturated rings. The van der Waals surface area contributed by atoms with Gasteiger partial charge in [0, 0.05) is 36.0 Å². The topological polar surface area (TPSA) is 229 Å². The maximum Gasteiger partial charge on any atom is 0.306 e. The first-order valence-electron chi connectivity index (χ1n) is 16.7. The van der Waals surface area contributed by atoms with Crippen LogP contribution in [0.3, 0.4) is 0 Å². The fourth-order valence-corrected chi connectivity index (χ4v) is 9.61. The first kappa shape index (κ1) is 38.9. The number of halogens is 1. The van der Waals surface area contributed by atoms with Gasteiger partial charge in [-0.05, 0) is 62.5 Å². The Bertz CT molecular complexity index is 1480. The number of carbonyl (C=O) groups is 5. The number of esters is 2. The van der Waals surface area contributed by atoms with Crippen LogP contribution in [0.4, 0.5) is 0 Å². The predicted octanol–water partition coefficient (Wildman–Crippen LogP) is 3.59. The summed E-state index contributed by atoms with van der Waals surface area (Å²) in [6.07, 6.45) is 3.87. The SMILES string of the molecule is C[C@H]1CC2C3CCC4=CC(=O)C=C[C@]4(C)[C@@]3(Cl)[C@@H](O)C[C@]2(C)[C@@]1(OC(=O)CCCO[N+](=O)[O-])C(=O)COC(=O)CCC(=O)CCCO[N+](=O)[O-]. The van der Waals surface area contributed by atoms with Gasteiger partial charge in [0.25, 0.3) is 10.2 Å². The van der Waals surface area contributed by atoms with E-state index in [2.05, 4.69) is 9.68 Å². The monoisotopic (exact) mass is 726 g/mol. The van der Waals surface area contributed by atoms with Gasteiger partial charge in [-0.1, -0.05) is 32.4 Å². The van der Waals surface area contributed by atoms with Crippen LogP contribution in [0.5, 0.6) is 0 Å². The highest BCUT2D eigenvalue weighted by Gasteiger charge is 2.76. The van der Waals surface area contributed by atoms with E-state index in [4.69, 9.17) is 21.1 Å². The van der Waals surface area contributed by atoms with Gasteiger partial charge in [0.05, 0.1) is 30.6 Å². The average Bonchev–Trinajstić information content (AvgIpc) is 3.26. The van der Waals surface area contributed by atoms with Gasteiger partial charge in [-0.3, -0.25) is 24.0 Å². The summed E-state index contributed by atoms with van der Waals surface area (Å²) in [5.74, 6) is -4.31. The van der Waals surface area contributed by atoms with Gasteiger partial charge in [0.1, 0.15) is 5.78 Å². The molecule has 4 rings (SSSR count). The van der Waals surface area contributed by atoms with Gasteiger partial charge in [0.15, 0.2) is 18.0 Å². The van der Waals surface area contributed by atoms with Crippen LogP contribution >= 0.6 is 11.6 Å². The Hall–Kier alpha value is -3.92. The Kier molecular flexibility index (Phi) is 11.8. The van der Waals surface area contributed by atoms with E-state index in [0.717, 1.165) is 5.57 Å². The third kappa shape index (κ3) is 7.13. The minimum Gasteiger partial charge on any atom is -0.457 e. The Labute approximate surface area is 293 Å². The fourth-order valence-electron chi connectivity index (χ4n) is 9.09. The van der Waals surface area contributed by atoms with E-state index >= 15 is 0 Å². The standard InChI is InChI=1S/C33H43ClN2O14/c1-20-16-25-24-10-8-21-17-23(38)12-13-30(21,2)32(24,34)26(39)18-31(25,3)33(20,50-29(42)7-5-15-49-36(45)46)27(40)19-47-28(41)11-9-22(37)6-4-14-48-35(43)44/h12-13,17,20,24-26,39H,4-11,14-16,18-19H2,1-3H3/t20-,24?,25?,26-,30-,31-,32-,33-/m0/s1. The van der Waals surface area contributed by atoms with Crippen LogP contribution in [0.2, 0.25) is 0 Å². The molecule has 0 aromatic heterocycles. The molecule has 0 aliphatic heterocycles. The molecule has 8 atom stereocenters. The van der Waals surface area contributed by atoms with Gasteiger partial charge >= 0.3 is 11.9 Å². The van der Waals surface area contributed by atoms with E-state index in [1.807, 2.05) is 6.92 Å². The molecule has 0 amide bonds. The number of rotatable bonds is 17. The van der Waals surface area contributed by atoms with Gasteiger partial charge in [-0.25, -0.2) is 0 Å².